The molecule has 1 aliphatic rings. The predicted octanol–water partition coefficient (Wildman–Crippen LogP) is 3.03. The Hall–Kier alpha value is -2.41. The Kier molecular flexibility index (Phi) is 4.80. The van der Waals surface area contributed by atoms with Crippen molar-refractivity contribution >= 4 is 5.69 Å². The summed E-state index contributed by atoms with van der Waals surface area (Å²) in [6.07, 6.45) is 4.52. The fourth-order valence-corrected chi connectivity index (χ4v) is 2.93. The van der Waals surface area contributed by atoms with E-state index in [1.54, 1.807) is 0 Å². The molecule has 0 N–H and O–H groups in total. The third kappa shape index (κ3) is 3.56. The lowest BCUT2D eigenvalue weighted by atomic mass is 10.1. The first-order valence-electron chi connectivity index (χ1n) is 8.05. The second kappa shape index (κ2) is 7.00. The fourth-order valence-electron chi connectivity index (χ4n) is 2.93. The molecule has 0 amide bonds. The Balaban J connectivity index is 1.74. The topological polar surface area (TPSA) is 72.2 Å². The number of nitrogens with zero attached hydrogens (tertiary/aromatic N) is 4. The highest BCUT2D eigenvalue weighted by atomic mass is 19.1. The van der Waals surface area contributed by atoms with Crippen molar-refractivity contribution < 1.29 is 9.31 Å². The van der Waals surface area contributed by atoms with Gasteiger partial charge in [-0.2, -0.15) is 0 Å². The molecule has 0 bridgehead atoms. The minimum atomic E-state index is -0.502. The van der Waals surface area contributed by atoms with Gasteiger partial charge in [0.25, 0.3) is 5.69 Å². The van der Waals surface area contributed by atoms with Crippen LogP contribution in [-0.4, -0.2) is 26.3 Å². The van der Waals surface area contributed by atoms with Crippen molar-refractivity contribution in [2.45, 2.75) is 39.3 Å². The molecule has 0 saturated heterocycles. The van der Waals surface area contributed by atoms with Gasteiger partial charge in [0.2, 0.25) is 0 Å². The van der Waals surface area contributed by atoms with Crippen molar-refractivity contribution in [3.63, 3.8) is 0 Å². The quantitative estimate of drug-likeness (QED) is 0.622. The lowest BCUT2D eigenvalue weighted by Crippen LogP contribution is -2.31. The van der Waals surface area contributed by atoms with Crippen molar-refractivity contribution in [2.24, 2.45) is 0 Å². The summed E-state index contributed by atoms with van der Waals surface area (Å²) in [6.45, 7) is 3.81. The van der Waals surface area contributed by atoms with Gasteiger partial charge in [0.15, 0.2) is 0 Å². The summed E-state index contributed by atoms with van der Waals surface area (Å²) >= 11 is 0. The molecule has 1 aliphatic heterocycles. The number of halogens is 1. The molecule has 0 unspecified atom stereocenters. The second-order valence-corrected chi connectivity index (χ2v) is 6.00. The fraction of sp³-hybridized carbons (Fsp3) is 0.412. The zero-order valence-corrected chi connectivity index (χ0v) is 13.5. The van der Waals surface area contributed by atoms with Crippen molar-refractivity contribution in [1.29, 1.82) is 0 Å². The maximum atomic E-state index is 13.9. The van der Waals surface area contributed by atoms with Crippen LogP contribution >= 0.6 is 0 Å². The molecule has 0 radical (unpaired) electrons. The van der Waals surface area contributed by atoms with E-state index in [0.717, 1.165) is 49.0 Å². The molecule has 126 valence electrons. The lowest BCUT2D eigenvalue weighted by Gasteiger charge is -2.28. The molecule has 0 fully saturated rings. The summed E-state index contributed by atoms with van der Waals surface area (Å²) in [4.78, 5) is 21.4. The molecule has 0 saturated carbocycles. The van der Waals surface area contributed by atoms with Crippen LogP contribution in [0.4, 0.5) is 10.1 Å². The van der Waals surface area contributed by atoms with Gasteiger partial charge >= 0.3 is 0 Å². The number of fused-ring (bicyclic) bond motifs is 1. The number of non-ortho nitro benzene ring substituents is 1. The molecule has 2 heterocycles. The largest absolute Gasteiger partial charge is 0.294 e. The van der Waals surface area contributed by atoms with Crippen molar-refractivity contribution in [1.82, 2.24) is 14.9 Å². The first-order chi connectivity index (χ1) is 11.6. The summed E-state index contributed by atoms with van der Waals surface area (Å²) in [7, 11) is 0. The minimum Gasteiger partial charge on any atom is -0.294 e. The number of nitro groups is 1. The molecule has 2 aromatic rings. The van der Waals surface area contributed by atoms with Gasteiger partial charge in [-0.3, -0.25) is 15.0 Å². The van der Waals surface area contributed by atoms with Crippen LogP contribution in [0, 0.1) is 15.9 Å². The van der Waals surface area contributed by atoms with Gasteiger partial charge < -0.3 is 0 Å². The van der Waals surface area contributed by atoms with E-state index in [-0.39, 0.29) is 5.69 Å². The number of aryl methyl sites for hydroxylation is 1. The van der Waals surface area contributed by atoms with Crippen LogP contribution in [0.15, 0.2) is 24.4 Å². The highest BCUT2D eigenvalue weighted by Crippen LogP contribution is 2.22. The van der Waals surface area contributed by atoms with E-state index in [1.165, 1.54) is 12.1 Å². The summed E-state index contributed by atoms with van der Waals surface area (Å²) < 4.78 is 13.9. The Morgan fingerprint density at radius 1 is 1.42 bits per heavy atom. The Bertz CT molecular complexity index is 766. The van der Waals surface area contributed by atoms with Gasteiger partial charge in [-0.05, 0) is 12.5 Å². The maximum absolute atomic E-state index is 13.9. The summed E-state index contributed by atoms with van der Waals surface area (Å²) in [5.41, 5.74) is 2.36. The molecule has 0 aliphatic carbocycles. The molecule has 1 aromatic carbocycles. The molecule has 1 aromatic heterocycles. The molecule has 0 spiro atoms. The van der Waals surface area contributed by atoms with E-state index in [9.17, 15) is 14.5 Å². The highest BCUT2D eigenvalue weighted by Gasteiger charge is 2.20. The van der Waals surface area contributed by atoms with Crippen LogP contribution in [0.1, 0.15) is 36.0 Å². The second-order valence-electron chi connectivity index (χ2n) is 6.00. The smallest absolute Gasteiger partial charge is 0.269 e. The van der Waals surface area contributed by atoms with Gasteiger partial charge in [0.05, 0.1) is 4.92 Å². The first kappa shape index (κ1) is 16.4. The Morgan fingerprint density at radius 2 is 2.25 bits per heavy atom. The molecule has 3 rings (SSSR count). The van der Waals surface area contributed by atoms with Gasteiger partial charge in [-0.15, -0.1) is 0 Å². The van der Waals surface area contributed by atoms with E-state index in [4.69, 9.17) is 0 Å². The Labute approximate surface area is 139 Å². The van der Waals surface area contributed by atoms with E-state index in [2.05, 4.69) is 21.8 Å². The van der Waals surface area contributed by atoms with Crippen LogP contribution in [0.25, 0.3) is 0 Å². The predicted molar refractivity (Wildman–Crippen MR) is 86.9 cm³/mol. The van der Waals surface area contributed by atoms with Crippen molar-refractivity contribution in [3.8, 4) is 0 Å². The number of benzene rings is 1. The molecule has 0 atom stereocenters. The molecular weight excluding hydrogens is 311 g/mol. The number of hydrogen-bond donors (Lipinski definition) is 0. The minimum absolute atomic E-state index is 0.0867. The van der Waals surface area contributed by atoms with Crippen LogP contribution in [0.2, 0.25) is 0 Å². The molecule has 24 heavy (non-hydrogen) atoms. The normalized spacial score (nSPS) is 14.4. The van der Waals surface area contributed by atoms with Crippen LogP contribution < -0.4 is 0 Å². The summed E-state index contributed by atoms with van der Waals surface area (Å²) in [5.74, 6) is 0.454. The SMILES string of the molecule is CCCc1ncc2c(n1)CCN(Cc1cc([N+](=O)[O-])ccc1F)C2. The number of hydrogen-bond acceptors (Lipinski definition) is 5. The number of nitro benzene ring substituents is 1. The van der Waals surface area contributed by atoms with Gasteiger partial charge in [0.1, 0.15) is 11.6 Å². The van der Waals surface area contributed by atoms with Gasteiger partial charge in [-0.1, -0.05) is 6.92 Å². The number of rotatable bonds is 5. The van der Waals surface area contributed by atoms with Gasteiger partial charge in [0, 0.05) is 67.6 Å². The van der Waals surface area contributed by atoms with E-state index in [0.29, 0.717) is 18.7 Å². The zero-order valence-electron chi connectivity index (χ0n) is 13.5. The highest BCUT2D eigenvalue weighted by molar-refractivity contribution is 5.35. The molecular formula is C17H19FN4O2. The molecule has 6 nitrogen and oxygen atoms in total. The van der Waals surface area contributed by atoms with E-state index >= 15 is 0 Å². The zero-order chi connectivity index (χ0) is 17.1. The van der Waals surface area contributed by atoms with Gasteiger partial charge in [-0.25, -0.2) is 14.4 Å². The first-order valence-corrected chi connectivity index (χ1v) is 8.05. The van der Waals surface area contributed by atoms with Crippen LogP contribution in [-0.2, 0) is 25.9 Å². The standard InChI is InChI=1S/C17H19FN4O2/c1-2-3-17-19-9-13-11-21(7-6-16(13)20-17)10-12-8-14(22(23)24)4-5-15(12)18/h4-5,8-9H,2-3,6-7,10-11H2,1H3. The summed E-state index contributed by atoms with van der Waals surface area (Å²) in [5, 5.41) is 10.9. The third-order valence-electron chi connectivity index (χ3n) is 4.17. The van der Waals surface area contributed by atoms with Crippen LogP contribution in [0.5, 0.6) is 0 Å². The van der Waals surface area contributed by atoms with Crippen LogP contribution in [0.3, 0.4) is 0 Å². The third-order valence-corrected chi connectivity index (χ3v) is 4.17. The van der Waals surface area contributed by atoms with Crippen molar-refractivity contribution in [3.05, 3.63) is 63.0 Å². The van der Waals surface area contributed by atoms with E-state index < -0.39 is 10.7 Å². The van der Waals surface area contributed by atoms with E-state index in [1.807, 2.05) is 6.20 Å². The maximum Gasteiger partial charge on any atom is 0.269 e. The Morgan fingerprint density at radius 3 is 3.00 bits per heavy atom. The summed E-state index contributed by atoms with van der Waals surface area (Å²) in [6, 6.07) is 3.66. The molecule has 7 heteroatoms. The van der Waals surface area contributed by atoms with Crippen molar-refractivity contribution in [2.75, 3.05) is 6.54 Å². The number of aromatic nitrogens is 2. The monoisotopic (exact) mass is 330 g/mol. The lowest BCUT2D eigenvalue weighted by molar-refractivity contribution is -0.385. The average Bonchev–Trinajstić information content (AvgIpc) is 2.57. The average molecular weight is 330 g/mol.